The Hall–Kier alpha value is -0.170. The van der Waals surface area contributed by atoms with Gasteiger partial charge in [-0.3, -0.25) is 0 Å². The molecular weight excluding hydrogens is 166 g/mol. The third kappa shape index (κ3) is 2.74. The molecule has 4 N–H and O–H groups in total. The van der Waals surface area contributed by atoms with Crippen molar-refractivity contribution in [1.29, 1.82) is 0 Å². The van der Waals surface area contributed by atoms with E-state index in [-0.39, 0.29) is 6.04 Å². The molecule has 0 saturated carbocycles. The highest BCUT2D eigenvalue weighted by atomic mass is 32.2. The van der Waals surface area contributed by atoms with Crippen LogP contribution in [-0.4, -0.2) is 27.5 Å². The predicted molar refractivity (Wildman–Crippen MR) is 42.1 cm³/mol. The lowest BCUT2D eigenvalue weighted by molar-refractivity contribution is 0.503. The van der Waals surface area contributed by atoms with Crippen LogP contribution in [0.25, 0.3) is 0 Å². The molecule has 1 aliphatic rings. The molecule has 2 atom stereocenters. The lowest BCUT2D eigenvalue weighted by atomic mass is 10.1. The molecule has 1 heterocycles. The first-order chi connectivity index (χ1) is 4.99. The van der Waals surface area contributed by atoms with Crippen molar-refractivity contribution >= 4 is 10.2 Å². The Labute approximate surface area is 66.5 Å². The molecule has 66 valence electrons. The average Bonchev–Trinajstić information content (AvgIpc) is 2.12. The molecule has 6 heteroatoms. The Kier molecular flexibility index (Phi) is 2.48. The monoisotopic (exact) mass is 179 g/mol. The second-order valence-corrected chi connectivity index (χ2v) is 4.23. The van der Waals surface area contributed by atoms with Crippen LogP contribution in [0.5, 0.6) is 0 Å². The molecule has 2 unspecified atom stereocenters. The molecule has 0 spiro atoms. The Morgan fingerprint density at radius 3 is 2.55 bits per heavy atom. The zero-order valence-electron chi connectivity index (χ0n) is 6.37. The van der Waals surface area contributed by atoms with Gasteiger partial charge in [0.2, 0.25) is 0 Å². The van der Waals surface area contributed by atoms with Gasteiger partial charge in [-0.25, -0.2) is 5.14 Å². The zero-order chi connectivity index (χ0) is 8.48. The van der Waals surface area contributed by atoms with Crippen molar-refractivity contribution in [1.82, 2.24) is 10.0 Å². The summed E-state index contributed by atoms with van der Waals surface area (Å²) in [5, 5.41) is 7.87. The van der Waals surface area contributed by atoms with Crippen LogP contribution in [0.3, 0.4) is 0 Å². The molecule has 1 saturated heterocycles. The maximum Gasteiger partial charge on any atom is 0.274 e. The fourth-order valence-electron chi connectivity index (χ4n) is 1.18. The second-order valence-electron chi connectivity index (χ2n) is 2.90. The topological polar surface area (TPSA) is 84.2 Å². The van der Waals surface area contributed by atoms with E-state index in [0.717, 1.165) is 6.54 Å². The molecule has 5 nitrogen and oxygen atoms in total. The van der Waals surface area contributed by atoms with E-state index >= 15 is 0 Å². The number of nitrogens with one attached hydrogen (secondary N) is 2. The largest absolute Gasteiger partial charge is 0.315 e. The van der Waals surface area contributed by atoms with Gasteiger partial charge in [0, 0.05) is 12.6 Å². The number of rotatable bonds is 2. The van der Waals surface area contributed by atoms with Gasteiger partial charge in [-0.1, -0.05) is 6.92 Å². The van der Waals surface area contributed by atoms with Crippen molar-refractivity contribution in [3.8, 4) is 0 Å². The molecule has 0 bridgehead atoms. The van der Waals surface area contributed by atoms with Crippen LogP contribution in [0.15, 0.2) is 0 Å². The van der Waals surface area contributed by atoms with E-state index in [4.69, 9.17) is 5.14 Å². The van der Waals surface area contributed by atoms with Crippen LogP contribution >= 0.6 is 0 Å². The fraction of sp³-hybridized carbons (Fsp3) is 1.00. The van der Waals surface area contributed by atoms with Gasteiger partial charge in [0.1, 0.15) is 0 Å². The average molecular weight is 179 g/mol. The summed E-state index contributed by atoms with van der Waals surface area (Å²) in [6, 6.07) is -0.0509. The van der Waals surface area contributed by atoms with E-state index in [9.17, 15) is 8.42 Å². The lowest BCUT2D eigenvalue weighted by Gasteiger charge is -2.13. The molecule has 0 amide bonds. The smallest absolute Gasteiger partial charge is 0.274 e. The fourth-order valence-corrected chi connectivity index (χ4v) is 1.92. The minimum Gasteiger partial charge on any atom is -0.315 e. The van der Waals surface area contributed by atoms with E-state index in [1.165, 1.54) is 0 Å². The number of nitrogens with two attached hydrogens (primary N) is 1. The van der Waals surface area contributed by atoms with Crippen molar-refractivity contribution in [2.24, 2.45) is 11.1 Å². The molecule has 1 aliphatic heterocycles. The van der Waals surface area contributed by atoms with Crippen molar-refractivity contribution in [2.45, 2.75) is 13.0 Å². The minimum absolute atomic E-state index is 0.0509. The Morgan fingerprint density at radius 2 is 2.18 bits per heavy atom. The highest BCUT2D eigenvalue weighted by Crippen LogP contribution is 2.07. The quantitative estimate of drug-likeness (QED) is 0.476. The van der Waals surface area contributed by atoms with Gasteiger partial charge < -0.3 is 5.32 Å². The third-order valence-corrected chi connectivity index (χ3v) is 2.46. The van der Waals surface area contributed by atoms with Crippen LogP contribution in [0, 0.1) is 5.92 Å². The van der Waals surface area contributed by atoms with Crippen LogP contribution in [0.1, 0.15) is 6.92 Å². The summed E-state index contributed by atoms with van der Waals surface area (Å²) in [5.41, 5.74) is 0. The maximum absolute atomic E-state index is 10.6. The molecule has 0 aromatic carbocycles. The zero-order valence-corrected chi connectivity index (χ0v) is 7.19. The van der Waals surface area contributed by atoms with Crippen molar-refractivity contribution in [3.05, 3.63) is 0 Å². The van der Waals surface area contributed by atoms with Crippen molar-refractivity contribution in [3.63, 3.8) is 0 Å². The standard InChI is InChI=1S/C5H13N3O2S/c1-4-2-7-3-5(4)8-11(6,9)10/h4-5,7-8H,2-3H2,1H3,(H2,6,9,10). The first-order valence-electron chi connectivity index (χ1n) is 3.50. The van der Waals surface area contributed by atoms with Crippen LogP contribution in [0.4, 0.5) is 0 Å². The van der Waals surface area contributed by atoms with Gasteiger partial charge in [-0.05, 0) is 12.5 Å². The van der Waals surface area contributed by atoms with E-state index in [1.807, 2.05) is 6.92 Å². The van der Waals surface area contributed by atoms with E-state index in [0.29, 0.717) is 12.5 Å². The second kappa shape index (κ2) is 3.06. The van der Waals surface area contributed by atoms with E-state index < -0.39 is 10.2 Å². The molecule has 0 aliphatic carbocycles. The summed E-state index contributed by atoms with van der Waals surface area (Å²) in [7, 11) is -3.53. The first kappa shape index (κ1) is 8.92. The molecular formula is C5H13N3O2S. The Morgan fingerprint density at radius 1 is 1.55 bits per heavy atom. The molecule has 0 radical (unpaired) electrons. The highest BCUT2D eigenvalue weighted by Gasteiger charge is 2.25. The molecule has 1 fully saturated rings. The summed E-state index contributed by atoms with van der Waals surface area (Å²) < 4.78 is 23.5. The van der Waals surface area contributed by atoms with E-state index in [1.54, 1.807) is 0 Å². The summed E-state index contributed by atoms with van der Waals surface area (Å²) in [6.45, 7) is 3.48. The Bertz CT molecular complexity index is 226. The summed E-state index contributed by atoms with van der Waals surface area (Å²) in [5.74, 6) is 0.313. The number of hydrogen-bond acceptors (Lipinski definition) is 3. The van der Waals surface area contributed by atoms with E-state index in [2.05, 4.69) is 10.0 Å². The first-order valence-corrected chi connectivity index (χ1v) is 5.04. The lowest BCUT2D eigenvalue weighted by Crippen LogP contribution is -2.43. The summed E-state index contributed by atoms with van der Waals surface area (Å²) >= 11 is 0. The van der Waals surface area contributed by atoms with Crippen molar-refractivity contribution in [2.75, 3.05) is 13.1 Å². The molecule has 0 aromatic rings. The normalized spacial score (nSPS) is 32.5. The van der Waals surface area contributed by atoms with Crippen LogP contribution in [-0.2, 0) is 10.2 Å². The predicted octanol–water partition coefficient (Wildman–Crippen LogP) is -1.61. The minimum atomic E-state index is -3.53. The van der Waals surface area contributed by atoms with Gasteiger partial charge in [0.05, 0.1) is 0 Å². The molecule has 0 aromatic heterocycles. The van der Waals surface area contributed by atoms with Crippen LogP contribution < -0.4 is 15.2 Å². The third-order valence-electron chi connectivity index (χ3n) is 1.83. The van der Waals surface area contributed by atoms with Crippen LogP contribution in [0.2, 0.25) is 0 Å². The summed E-state index contributed by atoms with van der Waals surface area (Å²) in [4.78, 5) is 0. The van der Waals surface area contributed by atoms with Gasteiger partial charge >= 0.3 is 0 Å². The van der Waals surface area contributed by atoms with Gasteiger partial charge in [-0.2, -0.15) is 13.1 Å². The summed E-state index contributed by atoms with van der Waals surface area (Å²) in [6.07, 6.45) is 0. The van der Waals surface area contributed by atoms with Crippen molar-refractivity contribution < 1.29 is 8.42 Å². The molecule has 1 rings (SSSR count). The molecule has 11 heavy (non-hydrogen) atoms. The highest BCUT2D eigenvalue weighted by molar-refractivity contribution is 7.87. The van der Waals surface area contributed by atoms with Gasteiger partial charge in [-0.15, -0.1) is 0 Å². The number of hydrogen-bond donors (Lipinski definition) is 3. The maximum atomic E-state index is 10.6. The van der Waals surface area contributed by atoms with Gasteiger partial charge in [0.25, 0.3) is 10.2 Å². The Balaban J connectivity index is 2.50. The SMILES string of the molecule is CC1CNCC1NS(N)(=O)=O. The van der Waals surface area contributed by atoms with Gasteiger partial charge in [0.15, 0.2) is 0 Å².